The smallest absolute Gasteiger partial charge is 0.482 e. The van der Waals surface area contributed by atoms with Crippen molar-refractivity contribution in [3.05, 3.63) is 0 Å². The van der Waals surface area contributed by atoms with Gasteiger partial charge in [-0.3, -0.25) is 9.59 Å². The monoisotopic (exact) mass is 276 g/mol. The van der Waals surface area contributed by atoms with E-state index in [1.807, 2.05) is 0 Å². The number of hydrogen-bond donors (Lipinski definition) is 0. The van der Waals surface area contributed by atoms with Crippen molar-refractivity contribution in [2.75, 3.05) is 25.8 Å². The van der Waals surface area contributed by atoms with Crippen LogP contribution in [-0.2, 0) is 18.4 Å². The molecule has 0 aromatic heterocycles. The van der Waals surface area contributed by atoms with E-state index in [-0.39, 0.29) is 11.9 Å². The molecule has 0 aromatic carbocycles. The predicted octanol–water partition coefficient (Wildman–Crippen LogP) is 1.60. The highest BCUT2D eigenvalue weighted by Gasteiger charge is 2.46. The summed E-state index contributed by atoms with van der Waals surface area (Å²) in [5, 5.41) is 0. The molecular weight excluding hydrogens is 250 g/mol. The molecule has 0 aliphatic carbocycles. The Hall–Kier alpha value is -0.883. The number of carbonyl (C=O) groups is 2. The largest absolute Gasteiger partial charge is 0.518 e. The van der Waals surface area contributed by atoms with Gasteiger partial charge in [0.1, 0.15) is 6.17 Å². The SMILES string of the molecule is CC[N+](CC)(CC)C[Si](C)(OC(C)=O)OC(C)=O. The van der Waals surface area contributed by atoms with Gasteiger partial charge >= 0.3 is 8.56 Å². The number of carbonyl (C=O) groups excluding carboxylic acids is 2. The van der Waals surface area contributed by atoms with Crippen molar-refractivity contribution in [1.82, 2.24) is 0 Å². The zero-order chi connectivity index (χ0) is 14.4. The standard InChI is InChI=1S/C12H26NO4Si/c1-7-13(8-2,9-3)10-18(6,16-11(4)14)17-12(5)15/h7-10H2,1-6H3/q+1. The summed E-state index contributed by atoms with van der Waals surface area (Å²) in [7, 11) is -2.80. The Kier molecular flexibility index (Phi) is 6.55. The molecule has 0 saturated carbocycles. The lowest BCUT2D eigenvalue weighted by Crippen LogP contribution is -2.61. The third-order valence-corrected chi connectivity index (χ3v) is 6.04. The lowest BCUT2D eigenvalue weighted by atomic mass is 10.4. The van der Waals surface area contributed by atoms with E-state index < -0.39 is 8.56 Å². The first kappa shape index (κ1) is 17.1. The highest BCUT2D eigenvalue weighted by atomic mass is 28.4. The van der Waals surface area contributed by atoms with Gasteiger partial charge in [0.15, 0.2) is 0 Å². The first-order valence-electron chi connectivity index (χ1n) is 6.46. The van der Waals surface area contributed by atoms with Crippen molar-refractivity contribution >= 4 is 20.5 Å². The topological polar surface area (TPSA) is 52.6 Å². The van der Waals surface area contributed by atoms with Crippen molar-refractivity contribution < 1.29 is 22.9 Å². The van der Waals surface area contributed by atoms with Gasteiger partial charge in [0, 0.05) is 20.4 Å². The van der Waals surface area contributed by atoms with Crippen LogP contribution in [0.5, 0.6) is 0 Å². The number of nitrogens with zero attached hydrogens (tertiary/aromatic N) is 1. The molecule has 0 radical (unpaired) electrons. The summed E-state index contributed by atoms with van der Waals surface area (Å²) in [6, 6.07) is 0. The van der Waals surface area contributed by atoms with Gasteiger partial charge in [-0.05, 0) is 20.8 Å². The molecule has 0 aliphatic rings. The van der Waals surface area contributed by atoms with Crippen molar-refractivity contribution in [3.63, 3.8) is 0 Å². The fourth-order valence-corrected chi connectivity index (χ4v) is 5.59. The molecule has 18 heavy (non-hydrogen) atoms. The molecule has 0 fully saturated rings. The first-order valence-corrected chi connectivity index (χ1v) is 8.99. The summed E-state index contributed by atoms with van der Waals surface area (Å²) < 4.78 is 11.5. The fourth-order valence-electron chi connectivity index (χ4n) is 2.31. The van der Waals surface area contributed by atoms with Crippen LogP contribution in [0.1, 0.15) is 34.6 Å². The van der Waals surface area contributed by atoms with Crippen molar-refractivity contribution in [1.29, 1.82) is 0 Å². The average Bonchev–Trinajstić information content (AvgIpc) is 2.23. The summed E-state index contributed by atoms with van der Waals surface area (Å²) >= 11 is 0. The predicted molar refractivity (Wildman–Crippen MR) is 71.9 cm³/mol. The summed E-state index contributed by atoms with van der Waals surface area (Å²) in [6.07, 6.45) is 0.607. The second kappa shape index (κ2) is 6.89. The van der Waals surface area contributed by atoms with Gasteiger partial charge in [0.2, 0.25) is 0 Å². The maximum atomic E-state index is 11.2. The van der Waals surface area contributed by atoms with Gasteiger partial charge in [0.25, 0.3) is 11.9 Å². The van der Waals surface area contributed by atoms with Crippen molar-refractivity contribution in [2.45, 2.75) is 41.2 Å². The van der Waals surface area contributed by atoms with Crippen LogP contribution in [0.2, 0.25) is 6.55 Å². The zero-order valence-corrected chi connectivity index (χ0v) is 13.4. The van der Waals surface area contributed by atoms with Gasteiger partial charge in [-0.1, -0.05) is 0 Å². The Morgan fingerprint density at radius 3 is 1.50 bits per heavy atom. The second-order valence-electron chi connectivity index (χ2n) is 4.77. The van der Waals surface area contributed by atoms with Gasteiger partial charge < -0.3 is 13.3 Å². The van der Waals surface area contributed by atoms with Crippen LogP contribution < -0.4 is 0 Å². The minimum absolute atomic E-state index is 0.383. The average molecular weight is 276 g/mol. The molecule has 6 heteroatoms. The fraction of sp³-hybridized carbons (Fsp3) is 0.833. The molecule has 5 nitrogen and oxygen atoms in total. The molecule has 106 valence electrons. The third kappa shape index (κ3) is 5.18. The van der Waals surface area contributed by atoms with E-state index in [4.69, 9.17) is 8.85 Å². The summed E-state index contributed by atoms with van der Waals surface area (Å²) in [4.78, 5) is 22.4. The third-order valence-electron chi connectivity index (χ3n) is 3.35. The van der Waals surface area contributed by atoms with Crippen LogP contribution in [0.15, 0.2) is 0 Å². The maximum Gasteiger partial charge on any atom is 0.518 e. The Balaban J connectivity index is 5.07. The molecule has 0 spiro atoms. The molecule has 0 atom stereocenters. The highest BCUT2D eigenvalue weighted by molar-refractivity contribution is 6.68. The van der Waals surface area contributed by atoms with Gasteiger partial charge in [-0.25, -0.2) is 0 Å². The van der Waals surface area contributed by atoms with E-state index in [1.54, 1.807) is 6.55 Å². The van der Waals surface area contributed by atoms with Crippen LogP contribution in [0.3, 0.4) is 0 Å². The van der Waals surface area contributed by atoms with Crippen LogP contribution in [-0.4, -0.2) is 50.8 Å². The minimum atomic E-state index is -2.80. The molecule has 0 bridgehead atoms. The van der Waals surface area contributed by atoms with E-state index in [0.29, 0.717) is 6.17 Å². The lowest BCUT2D eigenvalue weighted by Gasteiger charge is -2.40. The molecule has 0 saturated heterocycles. The lowest BCUT2D eigenvalue weighted by molar-refractivity contribution is -0.915. The van der Waals surface area contributed by atoms with Crippen molar-refractivity contribution in [2.24, 2.45) is 0 Å². The van der Waals surface area contributed by atoms with Crippen LogP contribution in [0, 0.1) is 0 Å². The Morgan fingerprint density at radius 2 is 1.28 bits per heavy atom. The minimum Gasteiger partial charge on any atom is -0.482 e. The van der Waals surface area contributed by atoms with E-state index in [9.17, 15) is 9.59 Å². The number of rotatable bonds is 7. The van der Waals surface area contributed by atoms with Gasteiger partial charge in [-0.15, -0.1) is 0 Å². The quantitative estimate of drug-likeness (QED) is 0.523. The van der Waals surface area contributed by atoms with Crippen LogP contribution >= 0.6 is 0 Å². The van der Waals surface area contributed by atoms with E-state index >= 15 is 0 Å². The molecule has 0 rings (SSSR count). The highest BCUT2D eigenvalue weighted by Crippen LogP contribution is 2.17. The Morgan fingerprint density at radius 1 is 0.944 bits per heavy atom. The second-order valence-corrected chi connectivity index (χ2v) is 7.76. The zero-order valence-electron chi connectivity index (χ0n) is 12.4. The molecular formula is C12H26NO4Si+. The molecule has 0 unspecified atom stereocenters. The molecule has 0 aromatic rings. The number of hydrogen-bond acceptors (Lipinski definition) is 4. The Labute approximate surface area is 111 Å². The maximum absolute atomic E-state index is 11.2. The van der Waals surface area contributed by atoms with Crippen molar-refractivity contribution in [3.8, 4) is 0 Å². The first-order chi connectivity index (χ1) is 8.22. The molecule has 0 heterocycles. The van der Waals surface area contributed by atoms with E-state index in [1.165, 1.54) is 13.8 Å². The summed E-state index contributed by atoms with van der Waals surface area (Å²) in [6.45, 7) is 13.6. The normalized spacial score (nSPS) is 12.1. The van der Waals surface area contributed by atoms with Gasteiger partial charge in [-0.2, -0.15) is 0 Å². The van der Waals surface area contributed by atoms with E-state index in [2.05, 4.69) is 20.8 Å². The van der Waals surface area contributed by atoms with E-state index in [0.717, 1.165) is 24.1 Å². The van der Waals surface area contributed by atoms with Gasteiger partial charge in [0.05, 0.1) is 19.6 Å². The summed E-state index contributed by atoms with van der Waals surface area (Å²) in [5.74, 6) is -0.765. The summed E-state index contributed by atoms with van der Waals surface area (Å²) in [5.41, 5.74) is 0. The van der Waals surface area contributed by atoms with Crippen LogP contribution in [0.25, 0.3) is 0 Å². The molecule has 0 N–H and O–H groups in total. The molecule has 0 amide bonds. The molecule has 0 aliphatic heterocycles. The number of quaternary nitrogens is 1. The van der Waals surface area contributed by atoms with Crippen LogP contribution in [0.4, 0.5) is 0 Å². The Bertz CT molecular complexity index is 278.